The van der Waals surface area contributed by atoms with E-state index in [9.17, 15) is 15.4 Å². The highest BCUT2D eigenvalue weighted by Gasteiger charge is 2.14. The van der Waals surface area contributed by atoms with Crippen LogP contribution in [0.3, 0.4) is 0 Å². The molecule has 3 aromatic rings. The monoisotopic (exact) mass is 448 g/mol. The topological polar surface area (TPSA) is 85.4 Å². The van der Waals surface area contributed by atoms with Gasteiger partial charge in [-0.1, -0.05) is 53.6 Å². The number of aryl methyl sites for hydroxylation is 1. The number of rotatable bonds is 8. The van der Waals surface area contributed by atoms with Crippen molar-refractivity contribution in [2.24, 2.45) is 0 Å². The van der Waals surface area contributed by atoms with Gasteiger partial charge in [0.05, 0.1) is 28.2 Å². The van der Waals surface area contributed by atoms with Gasteiger partial charge in [-0.25, -0.2) is 0 Å². The van der Waals surface area contributed by atoms with Crippen LogP contribution in [0.25, 0.3) is 11.6 Å². The number of non-ortho nitro benzene ring substituents is 1. The molecule has 0 spiro atoms. The largest absolute Gasteiger partial charge is 0.490 e. The molecule has 0 heterocycles. The lowest BCUT2D eigenvalue weighted by Gasteiger charge is -2.15. The van der Waals surface area contributed by atoms with Gasteiger partial charge in [0.25, 0.3) is 5.69 Å². The molecular formula is C25H21ClN2O4. The fraction of sp³-hybridized carbons (Fsp3) is 0.160. The van der Waals surface area contributed by atoms with Crippen LogP contribution in [0.1, 0.15) is 29.2 Å². The van der Waals surface area contributed by atoms with E-state index in [2.05, 4.69) is 6.07 Å². The van der Waals surface area contributed by atoms with Crippen LogP contribution in [0.5, 0.6) is 11.5 Å². The van der Waals surface area contributed by atoms with Crippen LogP contribution in [0, 0.1) is 28.4 Å². The predicted molar refractivity (Wildman–Crippen MR) is 125 cm³/mol. The molecule has 7 heteroatoms. The zero-order chi connectivity index (χ0) is 23.1. The maximum Gasteiger partial charge on any atom is 0.269 e. The number of nitriles is 1. The molecule has 0 amide bonds. The average Bonchev–Trinajstić information content (AvgIpc) is 2.78. The van der Waals surface area contributed by atoms with Crippen molar-refractivity contribution in [2.45, 2.75) is 20.5 Å². The predicted octanol–water partition coefficient (Wildman–Crippen LogP) is 6.60. The molecule has 0 atom stereocenters. The maximum atomic E-state index is 11.0. The fourth-order valence-corrected chi connectivity index (χ4v) is 3.34. The van der Waals surface area contributed by atoms with E-state index in [0.29, 0.717) is 39.8 Å². The summed E-state index contributed by atoms with van der Waals surface area (Å²) >= 11 is 6.49. The minimum atomic E-state index is -0.454. The number of benzene rings is 3. The maximum absolute atomic E-state index is 11.0. The van der Waals surface area contributed by atoms with Gasteiger partial charge in [-0.05, 0) is 48.7 Å². The van der Waals surface area contributed by atoms with Crippen molar-refractivity contribution in [3.05, 3.63) is 98.1 Å². The van der Waals surface area contributed by atoms with Crippen LogP contribution in [-0.4, -0.2) is 11.5 Å². The van der Waals surface area contributed by atoms with Crippen molar-refractivity contribution in [1.29, 1.82) is 5.26 Å². The third-order valence-corrected chi connectivity index (χ3v) is 4.91. The zero-order valence-electron chi connectivity index (χ0n) is 17.7. The Labute approximate surface area is 191 Å². The number of allylic oxidation sites excluding steroid dienone is 1. The van der Waals surface area contributed by atoms with E-state index >= 15 is 0 Å². The Balaban J connectivity index is 1.90. The van der Waals surface area contributed by atoms with Gasteiger partial charge in [-0.15, -0.1) is 0 Å². The van der Waals surface area contributed by atoms with Gasteiger partial charge < -0.3 is 9.47 Å². The first-order chi connectivity index (χ1) is 15.4. The van der Waals surface area contributed by atoms with Crippen LogP contribution in [0.2, 0.25) is 5.02 Å². The Morgan fingerprint density at radius 1 is 1.16 bits per heavy atom. The highest BCUT2D eigenvalue weighted by atomic mass is 35.5. The molecule has 0 unspecified atom stereocenters. The van der Waals surface area contributed by atoms with E-state index in [4.69, 9.17) is 21.1 Å². The van der Waals surface area contributed by atoms with Crippen molar-refractivity contribution in [2.75, 3.05) is 6.61 Å². The summed E-state index contributed by atoms with van der Waals surface area (Å²) in [5.41, 5.74) is 3.72. The molecule has 162 valence electrons. The van der Waals surface area contributed by atoms with E-state index in [1.807, 2.05) is 38.1 Å². The van der Waals surface area contributed by atoms with Crippen molar-refractivity contribution < 1.29 is 14.4 Å². The molecular weight excluding hydrogens is 428 g/mol. The molecule has 3 rings (SSSR count). The van der Waals surface area contributed by atoms with E-state index in [1.54, 1.807) is 30.3 Å². The number of nitro benzene ring substituents is 1. The quantitative estimate of drug-likeness (QED) is 0.168. The molecule has 0 N–H and O–H groups in total. The molecule has 0 bridgehead atoms. The molecule has 0 aliphatic heterocycles. The number of nitrogens with zero attached hydrogens (tertiary/aromatic N) is 2. The number of hydrogen-bond donors (Lipinski definition) is 0. The summed E-state index contributed by atoms with van der Waals surface area (Å²) in [5.74, 6) is 0.767. The summed E-state index contributed by atoms with van der Waals surface area (Å²) < 4.78 is 11.6. The number of ether oxygens (including phenoxy) is 2. The van der Waals surface area contributed by atoms with Crippen molar-refractivity contribution in [1.82, 2.24) is 0 Å². The van der Waals surface area contributed by atoms with Crippen molar-refractivity contribution in [3.8, 4) is 17.6 Å². The number of halogens is 1. The molecule has 0 aliphatic carbocycles. The normalized spacial score (nSPS) is 11.0. The van der Waals surface area contributed by atoms with E-state index in [1.165, 1.54) is 12.1 Å². The Kier molecular flexibility index (Phi) is 7.48. The molecule has 0 saturated carbocycles. The van der Waals surface area contributed by atoms with Gasteiger partial charge in [0.1, 0.15) is 6.61 Å². The van der Waals surface area contributed by atoms with Crippen molar-refractivity contribution in [3.63, 3.8) is 0 Å². The molecule has 3 aromatic carbocycles. The van der Waals surface area contributed by atoms with E-state index in [-0.39, 0.29) is 12.3 Å². The average molecular weight is 449 g/mol. The third kappa shape index (κ3) is 5.65. The van der Waals surface area contributed by atoms with Crippen LogP contribution >= 0.6 is 11.6 Å². The zero-order valence-corrected chi connectivity index (χ0v) is 18.4. The Hall–Kier alpha value is -3.82. The SMILES string of the molecule is CCOc1cc(/C=C(/C#N)c2ccc(C)cc2)cc(Cl)c1OCc1cccc([N+](=O)[O-])c1. The standard InChI is InChI=1S/C25H21ClN2O4/c1-3-31-24-14-19(11-21(15-27)20-9-7-17(2)8-10-20)13-23(26)25(24)32-16-18-5-4-6-22(12-18)28(29)30/h4-14H,3,16H2,1-2H3/b21-11-. The first-order valence-corrected chi connectivity index (χ1v) is 10.3. The molecule has 0 saturated heterocycles. The van der Waals surface area contributed by atoms with Crippen LogP contribution in [0.15, 0.2) is 60.7 Å². The van der Waals surface area contributed by atoms with Gasteiger partial charge in [0.2, 0.25) is 0 Å². The van der Waals surface area contributed by atoms with Gasteiger partial charge >= 0.3 is 0 Å². The molecule has 0 fully saturated rings. The van der Waals surface area contributed by atoms with Gasteiger partial charge in [0, 0.05) is 12.1 Å². The van der Waals surface area contributed by atoms with E-state index < -0.39 is 4.92 Å². The van der Waals surface area contributed by atoms with Crippen LogP contribution in [0.4, 0.5) is 5.69 Å². The lowest BCUT2D eigenvalue weighted by Crippen LogP contribution is -2.01. The van der Waals surface area contributed by atoms with Gasteiger partial charge in [-0.2, -0.15) is 5.26 Å². The first-order valence-electron chi connectivity index (χ1n) is 9.92. The van der Waals surface area contributed by atoms with E-state index in [0.717, 1.165) is 11.1 Å². The minimum Gasteiger partial charge on any atom is -0.490 e. The third-order valence-electron chi connectivity index (χ3n) is 4.63. The van der Waals surface area contributed by atoms with Crippen molar-refractivity contribution >= 4 is 28.9 Å². The van der Waals surface area contributed by atoms with Crippen LogP contribution < -0.4 is 9.47 Å². The highest BCUT2D eigenvalue weighted by molar-refractivity contribution is 6.32. The second-order valence-corrected chi connectivity index (χ2v) is 7.42. The van der Waals surface area contributed by atoms with Crippen LogP contribution in [-0.2, 0) is 6.61 Å². The minimum absolute atomic E-state index is 0.0112. The highest BCUT2D eigenvalue weighted by Crippen LogP contribution is 2.38. The summed E-state index contributed by atoms with van der Waals surface area (Å²) in [7, 11) is 0. The molecule has 0 aliphatic rings. The number of nitro groups is 1. The molecule has 32 heavy (non-hydrogen) atoms. The number of hydrogen-bond acceptors (Lipinski definition) is 5. The first kappa shape index (κ1) is 22.9. The summed E-state index contributed by atoms with van der Waals surface area (Å²) in [6.07, 6.45) is 1.74. The van der Waals surface area contributed by atoms with Gasteiger partial charge in [-0.3, -0.25) is 10.1 Å². The summed E-state index contributed by atoms with van der Waals surface area (Å²) in [6, 6.07) is 19.6. The second-order valence-electron chi connectivity index (χ2n) is 7.01. The Bertz CT molecular complexity index is 1200. The lowest BCUT2D eigenvalue weighted by atomic mass is 10.0. The smallest absolute Gasteiger partial charge is 0.269 e. The Morgan fingerprint density at radius 2 is 1.91 bits per heavy atom. The summed E-state index contributed by atoms with van der Waals surface area (Å²) in [4.78, 5) is 10.5. The lowest BCUT2D eigenvalue weighted by molar-refractivity contribution is -0.384. The molecule has 0 radical (unpaired) electrons. The molecule has 6 nitrogen and oxygen atoms in total. The summed E-state index contributed by atoms with van der Waals surface area (Å²) in [5, 5.41) is 20.9. The Morgan fingerprint density at radius 3 is 2.56 bits per heavy atom. The molecule has 0 aromatic heterocycles. The fourth-order valence-electron chi connectivity index (χ4n) is 3.07. The summed E-state index contributed by atoms with van der Waals surface area (Å²) in [6.45, 7) is 4.30. The second kappa shape index (κ2) is 10.5. The van der Waals surface area contributed by atoms with Gasteiger partial charge in [0.15, 0.2) is 11.5 Å².